The molecule has 4 nitrogen and oxygen atoms in total. The molecular formula is C14H16N2O2S. The molecule has 2 aromatic rings. The average Bonchev–Trinajstić information content (AvgIpc) is 2.76. The SMILES string of the molecule is C=CCn1c(SC(C)C(=O)OC)nc2ccccc21. The van der Waals surface area contributed by atoms with Crippen LogP contribution in [0, 0.1) is 0 Å². The number of thioether (sulfide) groups is 1. The maximum atomic E-state index is 11.5. The van der Waals surface area contributed by atoms with Crippen molar-refractivity contribution in [3.05, 3.63) is 36.9 Å². The Balaban J connectivity index is 2.38. The molecule has 0 saturated heterocycles. The highest BCUT2D eigenvalue weighted by atomic mass is 32.2. The number of para-hydroxylation sites is 2. The number of hydrogen-bond donors (Lipinski definition) is 0. The second kappa shape index (κ2) is 5.93. The minimum Gasteiger partial charge on any atom is -0.468 e. The Hall–Kier alpha value is -1.75. The van der Waals surface area contributed by atoms with Gasteiger partial charge in [-0.25, -0.2) is 4.98 Å². The maximum Gasteiger partial charge on any atom is 0.318 e. The molecule has 2 rings (SSSR count). The number of benzene rings is 1. The van der Waals surface area contributed by atoms with Gasteiger partial charge in [-0.1, -0.05) is 30.0 Å². The van der Waals surface area contributed by atoms with Crippen LogP contribution in [0.4, 0.5) is 0 Å². The van der Waals surface area contributed by atoms with Gasteiger partial charge in [-0.2, -0.15) is 0 Å². The summed E-state index contributed by atoms with van der Waals surface area (Å²) < 4.78 is 6.79. The largest absolute Gasteiger partial charge is 0.468 e. The minimum atomic E-state index is -0.287. The molecule has 0 spiro atoms. The van der Waals surface area contributed by atoms with Gasteiger partial charge in [0.15, 0.2) is 5.16 Å². The minimum absolute atomic E-state index is 0.248. The van der Waals surface area contributed by atoms with Crippen LogP contribution < -0.4 is 0 Å². The van der Waals surface area contributed by atoms with Crippen LogP contribution in [-0.4, -0.2) is 27.9 Å². The van der Waals surface area contributed by atoms with Gasteiger partial charge in [-0.15, -0.1) is 6.58 Å². The van der Waals surface area contributed by atoms with Crippen molar-refractivity contribution in [1.82, 2.24) is 9.55 Å². The van der Waals surface area contributed by atoms with Gasteiger partial charge in [0.05, 0.1) is 18.1 Å². The van der Waals surface area contributed by atoms with Crippen LogP contribution in [0.25, 0.3) is 11.0 Å². The first-order valence-electron chi connectivity index (χ1n) is 5.98. The quantitative estimate of drug-likeness (QED) is 0.478. The van der Waals surface area contributed by atoms with Gasteiger partial charge in [-0.3, -0.25) is 4.79 Å². The molecule has 1 unspecified atom stereocenters. The molecule has 0 radical (unpaired) electrons. The van der Waals surface area contributed by atoms with E-state index in [0.717, 1.165) is 16.2 Å². The van der Waals surface area contributed by atoms with E-state index in [1.54, 1.807) is 0 Å². The number of allylic oxidation sites excluding steroid dienone is 1. The first-order valence-corrected chi connectivity index (χ1v) is 6.86. The summed E-state index contributed by atoms with van der Waals surface area (Å²) in [5.41, 5.74) is 1.96. The highest BCUT2D eigenvalue weighted by Gasteiger charge is 2.19. The van der Waals surface area contributed by atoms with Gasteiger partial charge in [0.2, 0.25) is 0 Å². The summed E-state index contributed by atoms with van der Waals surface area (Å²) >= 11 is 1.40. The third kappa shape index (κ3) is 2.81. The monoisotopic (exact) mass is 276 g/mol. The third-order valence-electron chi connectivity index (χ3n) is 2.75. The molecule has 1 aromatic heterocycles. The normalized spacial score (nSPS) is 12.3. The molecule has 1 aromatic carbocycles. The van der Waals surface area contributed by atoms with Gasteiger partial charge in [0, 0.05) is 6.54 Å². The first kappa shape index (κ1) is 13.7. The Morgan fingerprint density at radius 1 is 1.58 bits per heavy atom. The molecule has 0 aliphatic heterocycles. The van der Waals surface area contributed by atoms with Crippen molar-refractivity contribution in [2.75, 3.05) is 7.11 Å². The molecule has 0 bridgehead atoms. The van der Waals surface area contributed by atoms with Crippen molar-refractivity contribution < 1.29 is 9.53 Å². The standard InChI is InChI=1S/C14H16N2O2S/c1-4-9-16-12-8-6-5-7-11(12)15-14(16)19-10(2)13(17)18-3/h4-8,10H,1,9H2,2-3H3. The Morgan fingerprint density at radius 3 is 3.00 bits per heavy atom. The number of ether oxygens (including phenoxy) is 1. The van der Waals surface area contributed by atoms with Crippen LogP contribution in [0.2, 0.25) is 0 Å². The van der Waals surface area contributed by atoms with Crippen molar-refractivity contribution in [1.29, 1.82) is 0 Å². The molecule has 5 heteroatoms. The van der Waals surface area contributed by atoms with E-state index in [2.05, 4.69) is 11.6 Å². The fourth-order valence-corrected chi connectivity index (χ4v) is 2.78. The molecule has 0 amide bonds. The number of carbonyl (C=O) groups is 1. The Kier molecular flexibility index (Phi) is 4.27. The number of carbonyl (C=O) groups excluding carboxylic acids is 1. The van der Waals surface area contributed by atoms with Crippen molar-refractivity contribution >= 4 is 28.8 Å². The Morgan fingerprint density at radius 2 is 2.32 bits per heavy atom. The Labute approximate surface area is 116 Å². The fourth-order valence-electron chi connectivity index (χ4n) is 1.82. The molecule has 0 aliphatic carbocycles. The molecule has 1 atom stereocenters. The second-order valence-electron chi connectivity index (χ2n) is 4.07. The van der Waals surface area contributed by atoms with Crippen molar-refractivity contribution in [3.63, 3.8) is 0 Å². The smallest absolute Gasteiger partial charge is 0.318 e. The predicted octanol–water partition coefficient (Wildman–Crippen LogP) is 2.88. The fraction of sp³-hybridized carbons (Fsp3) is 0.286. The highest BCUT2D eigenvalue weighted by Crippen LogP contribution is 2.27. The summed E-state index contributed by atoms with van der Waals surface area (Å²) in [5, 5.41) is 0.518. The number of aromatic nitrogens is 2. The second-order valence-corrected chi connectivity index (χ2v) is 5.37. The molecule has 100 valence electrons. The lowest BCUT2D eigenvalue weighted by Crippen LogP contribution is -2.15. The van der Waals surface area contributed by atoms with Gasteiger partial charge in [0.25, 0.3) is 0 Å². The summed E-state index contributed by atoms with van der Waals surface area (Å²) in [4.78, 5) is 16.1. The molecule has 19 heavy (non-hydrogen) atoms. The average molecular weight is 276 g/mol. The van der Waals surface area contributed by atoms with Gasteiger partial charge in [0.1, 0.15) is 5.25 Å². The summed E-state index contributed by atoms with van der Waals surface area (Å²) in [6, 6.07) is 7.90. The van der Waals surface area contributed by atoms with Gasteiger partial charge >= 0.3 is 5.97 Å². The zero-order valence-electron chi connectivity index (χ0n) is 11.0. The predicted molar refractivity (Wildman–Crippen MR) is 77.3 cm³/mol. The summed E-state index contributed by atoms with van der Waals surface area (Å²) in [6.07, 6.45) is 1.82. The van der Waals surface area contributed by atoms with Crippen LogP contribution in [0.1, 0.15) is 6.92 Å². The summed E-state index contributed by atoms with van der Waals surface area (Å²) in [6.45, 7) is 6.24. The van der Waals surface area contributed by atoms with E-state index < -0.39 is 0 Å². The van der Waals surface area contributed by atoms with Crippen molar-refractivity contribution in [2.24, 2.45) is 0 Å². The maximum absolute atomic E-state index is 11.5. The van der Waals surface area contributed by atoms with E-state index in [9.17, 15) is 4.79 Å². The van der Waals surface area contributed by atoms with Gasteiger partial charge in [-0.05, 0) is 19.1 Å². The molecule has 1 heterocycles. The number of esters is 1. The van der Waals surface area contributed by atoms with E-state index in [1.165, 1.54) is 18.9 Å². The van der Waals surface area contributed by atoms with Crippen LogP contribution >= 0.6 is 11.8 Å². The zero-order chi connectivity index (χ0) is 13.8. The number of rotatable bonds is 5. The molecule has 0 N–H and O–H groups in total. The van der Waals surface area contributed by atoms with Crippen LogP contribution in [0.15, 0.2) is 42.1 Å². The summed E-state index contributed by atoms with van der Waals surface area (Å²) in [5.74, 6) is -0.248. The first-order chi connectivity index (χ1) is 9.17. The highest BCUT2D eigenvalue weighted by molar-refractivity contribution is 8.00. The lowest BCUT2D eigenvalue weighted by Gasteiger charge is -2.10. The topological polar surface area (TPSA) is 44.1 Å². The van der Waals surface area contributed by atoms with Gasteiger partial charge < -0.3 is 9.30 Å². The lowest BCUT2D eigenvalue weighted by molar-refractivity contribution is -0.139. The van der Waals surface area contributed by atoms with E-state index >= 15 is 0 Å². The number of methoxy groups -OCH3 is 1. The number of hydrogen-bond acceptors (Lipinski definition) is 4. The molecule has 0 aliphatic rings. The molecule has 0 saturated carbocycles. The molecule has 0 fully saturated rings. The zero-order valence-corrected chi connectivity index (χ0v) is 11.8. The van der Waals surface area contributed by atoms with Crippen molar-refractivity contribution in [2.45, 2.75) is 23.9 Å². The van der Waals surface area contributed by atoms with E-state index in [4.69, 9.17) is 4.74 Å². The third-order valence-corrected chi connectivity index (χ3v) is 3.81. The number of fused-ring (bicyclic) bond motifs is 1. The van der Waals surface area contributed by atoms with Crippen LogP contribution in [0.5, 0.6) is 0 Å². The number of nitrogens with zero attached hydrogens (tertiary/aromatic N) is 2. The Bertz CT molecular complexity index is 607. The van der Waals surface area contributed by atoms with Crippen molar-refractivity contribution in [3.8, 4) is 0 Å². The lowest BCUT2D eigenvalue weighted by atomic mass is 10.3. The summed E-state index contributed by atoms with van der Waals surface area (Å²) in [7, 11) is 1.39. The van der Waals surface area contributed by atoms with E-state index in [-0.39, 0.29) is 11.2 Å². The van der Waals surface area contributed by atoms with Crippen LogP contribution in [0.3, 0.4) is 0 Å². The van der Waals surface area contributed by atoms with E-state index in [0.29, 0.717) is 6.54 Å². The van der Waals surface area contributed by atoms with E-state index in [1.807, 2.05) is 41.8 Å². The molecular weight excluding hydrogens is 260 g/mol. The number of imidazole rings is 1. The van der Waals surface area contributed by atoms with Crippen LogP contribution in [-0.2, 0) is 16.1 Å².